The fourth-order valence-electron chi connectivity index (χ4n) is 1.46. The minimum atomic E-state index is -0.256. The molecule has 3 heteroatoms. The molecule has 0 unspecified atom stereocenters. The van der Waals surface area contributed by atoms with Gasteiger partial charge in [-0.15, -0.1) is 0 Å². The van der Waals surface area contributed by atoms with Crippen LogP contribution in [-0.4, -0.2) is 12.2 Å². The lowest BCUT2D eigenvalue weighted by Crippen LogP contribution is -2.26. The average Bonchev–Trinajstić information content (AvgIpc) is 2.15. The number of methoxy groups -OCH3 is 1. The van der Waals surface area contributed by atoms with Gasteiger partial charge in [0.1, 0.15) is 11.5 Å². The van der Waals surface area contributed by atoms with Gasteiger partial charge in [-0.2, -0.15) is 0 Å². The first-order valence-corrected chi connectivity index (χ1v) is 4.99. The molecule has 0 saturated carbocycles. The van der Waals surface area contributed by atoms with Crippen molar-refractivity contribution in [1.29, 1.82) is 0 Å². The third-order valence-electron chi connectivity index (χ3n) is 2.51. The van der Waals surface area contributed by atoms with Crippen molar-refractivity contribution >= 4 is 0 Å². The summed E-state index contributed by atoms with van der Waals surface area (Å²) < 4.78 is 5.20. The molecule has 0 aromatic heterocycles. The van der Waals surface area contributed by atoms with Crippen LogP contribution >= 0.6 is 0 Å². The van der Waals surface area contributed by atoms with Crippen LogP contribution in [0.15, 0.2) is 18.2 Å². The standard InChI is InChI=1S/C12H19NO2/c1-12(2,3)11(13)10-8(14)6-5-7-9(10)15-4/h5-7,11,14H,13H2,1-4H3/t11-/m0/s1. The van der Waals surface area contributed by atoms with Crippen LogP contribution in [0.25, 0.3) is 0 Å². The lowest BCUT2D eigenvalue weighted by Gasteiger charge is -2.29. The van der Waals surface area contributed by atoms with Crippen molar-refractivity contribution in [3.63, 3.8) is 0 Å². The van der Waals surface area contributed by atoms with E-state index >= 15 is 0 Å². The fourth-order valence-corrected chi connectivity index (χ4v) is 1.46. The number of aromatic hydroxyl groups is 1. The SMILES string of the molecule is COc1cccc(O)c1[C@H](N)C(C)(C)C. The number of nitrogens with two attached hydrogens (primary N) is 1. The monoisotopic (exact) mass is 209 g/mol. The average molecular weight is 209 g/mol. The molecule has 0 heterocycles. The molecule has 1 rings (SSSR count). The minimum Gasteiger partial charge on any atom is -0.507 e. The Kier molecular flexibility index (Phi) is 3.25. The molecule has 3 nitrogen and oxygen atoms in total. The highest BCUT2D eigenvalue weighted by molar-refractivity contribution is 5.46. The fraction of sp³-hybridized carbons (Fsp3) is 0.500. The van der Waals surface area contributed by atoms with Gasteiger partial charge in [0.2, 0.25) is 0 Å². The number of hydrogen-bond donors (Lipinski definition) is 2. The zero-order chi connectivity index (χ0) is 11.6. The maximum Gasteiger partial charge on any atom is 0.127 e. The van der Waals surface area contributed by atoms with Crippen LogP contribution in [0.4, 0.5) is 0 Å². The molecular weight excluding hydrogens is 190 g/mol. The van der Waals surface area contributed by atoms with Gasteiger partial charge in [0.05, 0.1) is 12.7 Å². The number of phenols is 1. The first-order chi connectivity index (χ1) is 6.88. The Morgan fingerprint density at radius 1 is 1.33 bits per heavy atom. The molecule has 0 radical (unpaired) electrons. The molecule has 0 amide bonds. The van der Waals surface area contributed by atoms with Crippen molar-refractivity contribution in [1.82, 2.24) is 0 Å². The predicted molar refractivity (Wildman–Crippen MR) is 61.0 cm³/mol. The molecule has 0 aliphatic carbocycles. The van der Waals surface area contributed by atoms with Crippen molar-refractivity contribution in [2.75, 3.05) is 7.11 Å². The van der Waals surface area contributed by atoms with Crippen molar-refractivity contribution in [3.8, 4) is 11.5 Å². The Morgan fingerprint density at radius 3 is 2.40 bits per heavy atom. The van der Waals surface area contributed by atoms with E-state index < -0.39 is 0 Å². The lowest BCUT2D eigenvalue weighted by atomic mass is 9.82. The Morgan fingerprint density at radius 2 is 1.93 bits per heavy atom. The Hall–Kier alpha value is -1.22. The topological polar surface area (TPSA) is 55.5 Å². The smallest absolute Gasteiger partial charge is 0.127 e. The second kappa shape index (κ2) is 4.11. The molecule has 0 spiro atoms. The molecular formula is C12H19NO2. The lowest BCUT2D eigenvalue weighted by molar-refractivity contribution is 0.304. The molecule has 0 aliphatic rings. The van der Waals surface area contributed by atoms with Crippen LogP contribution in [0.2, 0.25) is 0 Å². The van der Waals surface area contributed by atoms with E-state index in [0.29, 0.717) is 11.3 Å². The van der Waals surface area contributed by atoms with Crippen LogP contribution in [0.3, 0.4) is 0 Å². The highest BCUT2D eigenvalue weighted by atomic mass is 16.5. The molecule has 1 aromatic carbocycles. The molecule has 84 valence electrons. The molecule has 0 saturated heterocycles. The minimum absolute atomic E-state index is 0.119. The van der Waals surface area contributed by atoms with Crippen molar-refractivity contribution in [2.24, 2.45) is 11.1 Å². The summed E-state index contributed by atoms with van der Waals surface area (Å²) in [6, 6.07) is 4.92. The van der Waals surface area contributed by atoms with Crippen molar-refractivity contribution in [2.45, 2.75) is 26.8 Å². The number of ether oxygens (including phenoxy) is 1. The van der Waals surface area contributed by atoms with Gasteiger partial charge in [0.25, 0.3) is 0 Å². The zero-order valence-electron chi connectivity index (χ0n) is 9.74. The Bertz CT molecular complexity index is 342. The van der Waals surface area contributed by atoms with E-state index in [1.165, 1.54) is 0 Å². The van der Waals surface area contributed by atoms with Gasteiger partial charge in [-0.3, -0.25) is 0 Å². The molecule has 0 fully saturated rings. The largest absolute Gasteiger partial charge is 0.507 e. The number of hydrogen-bond acceptors (Lipinski definition) is 3. The van der Waals surface area contributed by atoms with Crippen LogP contribution in [0.1, 0.15) is 32.4 Å². The quantitative estimate of drug-likeness (QED) is 0.786. The second-order valence-corrected chi connectivity index (χ2v) is 4.74. The number of phenolic OH excluding ortho intramolecular Hbond substituents is 1. The third kappa shape index (κ3) is 2.42. The van der Waals surface area contributed by atoms with Gasteiger partial charge < -0.3 is 15.6 Å². The van der Waals surface area contributed by atoms with Gasteiger partial charge in [0.15, 0.2) is 0 Å². The maximum atomic E-state index is 9.80. The first kappa shape index (κ1) is 11.9. The van der Waals surface area contributed by atoms with Crippen molar-refractivity contribution in [3.05, 3.63) is 23.8 Å². The van der Waals surface area contributed by atoms with Crippen LogP contribution in [0, 0.1) is 5.41 Å². The Balaban J connectivity index is 3.23. The summed E-state index contributed by atoms with van der Waals surface area (Å²) >= 11 is 0. The highest BCUT2D eigenvalue weighted by Crippen LogP contribution is 2.40. The molecule has 1 aromatic rings. The summed E-state index contributed by atoms with van der Waals surface area (Å²) in [5.74, 6) is 0.828. The van der Waals surface area contributed by atoms with Gasteiger partial charge in [-0.05, 0) is 17.5 Å². The summed E-state index contributed by atoms with van der Waals surface area (Å²) in [5, 5.41) is 9.80. The van der Waals surface area contributed by atoms with Crippen LogP contribution in [0.5, 0.6) is 11.5 Å². The van der Waals surface area contributed by atoms with Gasteiger partial charge in [-0.1, -0.05) is 26.8 Å². The Labute approximate surface area is 90.9 Å². The van der Waals surface area contributed by atoms with E-state index in [0.717, 1.165) is 0 Å². The van der Waals surface area contributed by atoms with Crippen molar-refractivity contribution < 1.29 is 9.84 Å². The number of rotatable bonds is 2. The van der Waals surface area contributed by atoms with E-state index in [4.69, 9.17) is 10.5 Å². The summed E-state index contributed by atoms with van der Waals surface area (Å²) in [4.78, 5) is 0. The second-order valence-electron chi connectivity index (χ2n) is 4.74. The molecule has 1 atom stereocenters. The summed E-state index contributed by atoms with van der Waals surface area (Å²) in [6.45, 7) is 6.09. The third-order valence-corrected chi connectivity index (χ3v) is 2.51. The van der Waals surface area contributed by atoms with E-state index in [9.17, 15) is 5.11 Å². The summed E-state index contributed by atoms with van der Waals surface area (Å²) in [6.07, 6.45) is 0. The molecule has 0 aliphatic heterocycles. The van der Waals surface area contributed by atoms with E-state index in [-0.39, 0.29) is 17.2 Å². The molecule has 0 bridgehead atoms. The van der Waals surface area contributed by atoms with E-state index in [1.807, 2.05) is 20.8 Å². The van der Waals surface area contributed by atoms with Gasteiger partial charge in [0, 0.05) is 6.04 Å². The summed E-state index contributed by atoms with van der Waals surface area (Å²) in [7, 11) is 1.58. The molecule has 3 N–H and O–H groups in total. The van der Waals surface area contributed by atoms with E-state index in [2.05, 4.69) is 0 Å². The molecule has 15 heavy (non-hydrogen) atoms. The zero-order valence-corrected chi connectivity index (χ0v) is 9.74. The summed E-state index contributed by atoms with van der Waals surface area (Å²) in [5.41, 5.74) is 6.66. The number of benzene rings is 1. The highest BCUT2D eigenvalue weighted by Gasteiger charge is 2.27. The first-order valence-electron chi connectivity index (χ1n) is 4.99. The van der Waals surface area contributed by atoms with E-state index in [1.54, 1.807) is 25.3 Å². The van der Waals surface area contributed by atoms with Gasteiger partial charge in [-0.25, -0.2) is 0 Å². The van der Waals surface area contributed by atoms with Crippen LogP contribution < -0.4 is 10.5 Å². The van der Waals surface area contributed by atoms with Crippen LogP contribution in [-0.2, 0) is 0 Å². The predicted octanol–water partition coefficient (Wildman–Crippen LogP) is 2.45. The normalized spacial score (nSPS) is 13.7. The van der Waals surface area contributed by atoms with Gasteiger partial charge >= 0.3 is 0 Å². The maximum absolute atomic E-state index is 9.80.